The molecule has 1 aromatic carbocycles. The largest absolute Gasteiger partial charge is 0.374 e. The molecule has 0 heterocycles. The molecule has 0 saturated heterocycles. The van der Waals surface area contributed by atoms with Crippen LogP contribution in [0, 0.1) is 5.92 Å². The highest BCUT2D eigenvalue weighted by Crippen LogP contribution is 2.22. The fraction of sp³-hybridized carbons (Fsp3) is 0.600. The quantitative estimate of drug-likeness (QED) is 0.767. The Bertz CT molecular complexity index is 345. The zero-order valence-electron chi connectivity index (χ0n) is 12.1. The number of rotatable bonds is 5. The van der Waals surface area contributed by atoms with Crippen LogP contribution in [0.4, 0.5) is 11.4 Å². The lowest BCUT2D eigenvalue weighted by Gasteiger charge is -2.27. The number of anilines is 2. The Labute approximate surface area is 106 Å². The molecule has 0 aliphatic heterocycles. The lowest BCUT2D eigenvalue weighted by atomic mass is 10.2. The van der Waals surface area contributed by atoms with E-state index in [1.54, 1.807) is 0 Å². The molecule has 0 amide bonds. The van der Waals surface area contributed by atoms with Gasteiger partial charge in [-0.25, -0.2) is 0 Å². The Kier molecular flexibility index (Phi) is 4.86. The lowest BCUT2D eigenvalue weighted by molar-refractivity contribution is 0.638. The van der Waals surface area contributed by atoms with Gasteiger partial charge in [-0.3, -0.25) is 0 Å². The number of benzene rings is 1. The lowest BCUT2D eigenvalue weighted by Crippen LogP contribution is -2.26. The summed E-state index contributed by atoms with van der Waals surface area (Å²) in [6, 6.07) is 9.29. The van der Waals surface area contributed by atoms with Crippen molar-refractivity contribution < 1.29 is 0 Å². The average Bonchev–Trinajstić information content (AvgIpc) is 2.27. The van der Waals surface area contributed by atoms with Crippen molar-refractivity contribution in [3.05, 3.63) is 24.3 Å². The van der Waals surface area contributed by atoms with Crippen molar-refractivity contribution in [3.8, 4) is 0 Å². The first kappa shape index (κ1) is 13.9. The number of nitrogens with zero attached hydrogens (tertiary/aromatic N) is 2. The van der Waals surface area contributed by atoms with E-state index in [1.807, 2.05) is 0 Å². The van der Waals surface area contributed by atoms with Crippen LogP contribution >= 0.6 is 0 Å². The van der Waals surface area contributed by atoms with Gasteiger partial charge in [0.2, 0.25) is 0 Å². The molecule has 2 heteroatoms. The Balaban J connectivity index is 2.85. The molecule has 0 unspecified atom stereocenters. The molecule has 0 saturated carbocycles. The van der Waals surface area contributed by atoms with Crippen LogP contribution in [0.2, 0.25) is 0 Å². The van der Waals surface area contributed by atoms with Crippen LogP contribution < -0.4 is 9.80 Å². The third-order valence-corrected chi connectivity index (χ3v) is 3.09. The van der Waals surface area contributed by atoms with E-state index in [0.29, 0.717) is 12.0 Å². The predicted octanol–water partition coefficient (Wildman–Crippen LogP) is 3.62. The summed E-state index contributed by atoms with van der Waals surface area (Å²) in [6.45, 7) is 10.0. The zero-order chi connectivity index (χ0) is 13.0. The zero-order valence-corrected chi connectivity index (χ0v) is 12.1. The Morgan fingerprint density at radius 1 is 1.00 bits per heavy atom. The standard InChI is InChI=1S/C15H26N2/c1-12(2)11-16(5)14-8-7-9-15(10-14)17(6)13(3)4/h7-10,12-13H,11H2,1-6H3. The maximum atomic E-state index is 2.32. The van der Waals surface area contributed by atoms with Crippen molar-refractivity contribution >= 4 is 11.4 Å². The van der Waals surface area contributed by atoms with E-state index in [-0.39, 0.29) is 0 Å². The Morgan fingerprint density at radius 3 is 2.12 bits per heavy atom. The van der Waals surface area contributed by atoms with Crippen LogP contribution in [0.3, 0.4) is 0 Å². The second-order valence-electron chi connectivity index (χ2n) is 5.50. The maximum Gasteiger partial charge on any atom is 0.0386 e. The second kappa shape index (κ2) is 5.95. The summed E-state index contributed by atoms with van der Waals surface area (Å²) >= 11 is 0. The minimum atomic E-state index is 0.528. The van der Waals surface area contributed by atoms with E-state index in [1.165, 1.54) is 11.4 Å². The van der Waals surface area contributed by atoms with E-state index >= 15 is 0 Å². The highest BCUT2D eigenvalue weighted by atomic mass is 15.1. The molecule has 0 atom stereocenters. The highest BCUT2D eigenvalue weighted by molar-refractivity contribution is 5.59. The van der Waals surface area contributed by atoms with E-state index in [0.717, 1.165) is 6.54 Å². The van der Waals surface area contributed by atoms with Crippen LogP contribution in [0.1, 0.15) is 27.7 Å². The Morgan fingerprint density at radius 2 is 1.59 bits per heavy atom. The van der Waals surface area contributed by atoms with Gasteiger partial charge in [0.05, 0.1) is 0 Å². The minimum Gasteiger partial charge on any atom is -0.374 e. The summed E-state index contributed by atoms with van der Waals surface area (Å²) in [4.78, 5) is 4.62. The van der Waals surface area contributed by atoms with Gasteiger partial charge in [-0.05, 0) is 38.0 Å². The van der Waals surface area contributed by atoms with Gasteiger partial charge in [-0.2, -0.15) is 0 Å². The van der Waals surface area contributed by atoms with Gasteiger partial charge in [-0.15, -0.1) is 0 Å². The normalized spacial score (nSPS) is 11.1. The molecule has 0 aliphatic rings. The first-order valence-corrected chi connectivity index (χ1v) is 6.46. The van der Waals surface area contributed by atoms with Crippen molar-refractivity contribution in [2.24, 2.45) is 5.92 Å². The summed E-state index contributed by atoms with van der Waals surface area (Å²) in [5, 5.41) is 0. The smallest absolute Gasteiger partial charge is 0.0386 e. The molecule has 2 nitrogen and oxygen atoms in total. The Hall–Kier alpha value is -1.18. The molecule has 0 spiro atoms. The van der Waals surface area contributed by atoms with E-state index in [2.05, 4.69) is 75.9 Å². The SMILES string of the molecule is CC(C)CN(C)c1cccc(N(C)C(C)C)c1. The summed E-state index contributed by atoms with van der Waals surface area (Å²) in [7, 11) is 4.31. The van der Waals surface area contributed by atoms with Crippen LogP contribution in [0.5, 0.6) is 0 Å². The van der Waals surface area contributed by atoms with Gasteiger partial charge in [0, 0.05) is 38.1 Å². The third kappa shape index (κ3) is 3.95. The van der Waals surface area contributed by atoms with Gasteiger partial charge in [0.25, 0.3) is 0 Å². The fourth-order valence-electron chi connectivity index (χ4n) is 1.90. The molecule has 96 valence electrons. The van der Waals surface area contributed by atoms with E-state index in [4.69, 9.17) is 0 Å². The first-order chi connectivity index (χ1) is 7.91. The van der Waals surface area contributed by atoms with Crippen molar-refractivity contribution in [2.45, 2.75) is 33.7 Å². The van der Waals surface area contributed by atoms with Crippen LogP contribution in [-0.4, -0.2) is 26.7 Å². The summed E-state index contributed by atoms with van der Waals surface area (Å²) in [5.74, 6) is 0.687. The van der Waals surface area contributed by atoms with E-state index in [9.17, 15) is 0 Å². The average molecular weight is 234 g/mol. The molecule has 0 aliphatic carbocycles. The summed E-state index contributed by atoms with van der Waals surface area (Å²) in [5.41, 5.74) is 2.58. The molecule has 0 radical (unpaired) electrons. The van der Waals surface area contributed by atoms with Gasteiger partial charge in [-0.1, -0.05) is 19.9 Å². The molecule has 1 aromatic rings. The van der Waals surface area contributed by atoms with Gasteiger partial charge < -0.3 is 9.80 Å². The van der Waals surface area contributed by atoms with Crippen molar-refractivity contribution in [1.29, 1.82) is 0 Å². The van der Waals surface area contributed by atoms with Gasteiger partial charge in [0.1, 0.15) is 0 Å². The van der Waals surface area contributed by atoms with Crippen molar-refractivity contribution in [3.63, 3.8) is 0 Å². The monoisotopic (exact) mass is 234 g/mol. The van der Waals surface area contributed by atoms with E-state index < -0.39 is 0 Å². The van der Waals surface area contributed by atoms with Crippen LogP contribution in [-0.2, 0) is 0 Å². The molecule has 0 bridgehead atoms. The molecular formula is C15H26N2. The summed E-state index contributed by atoms with van der Waals surface area (Å²) in [6.07, 6.45) is 0. The second-order valence-corrected chi connectivity index (χ2v) is 5.50. The molecule has 0 aromatic heterocycles. The van der Waals surface area contributed by atoms with Crippen molar-refractivity contribution in [2.75, 3.05) is 30.4 Å². The molecular weight excluding hydrogens is 208 g/mol. The fourth-order valence-corrected chi connectivity index (χ4v) is 1.90. The molecule has 0 fully saturated rings. The molecule has 0 N–H and O–H groups in total. The predicted molar refractivity (Wildman–Crippen MR) is 78.1 cm³/mol. The minimum absolute atomic E-state index is 0.528. The van der Waals surface area contributed by atoms with Crippen LogP contribution in [0.15, 0.2) is 24.3 Å². The number of hydrogen-bond donors (Lipinski definition) is 0. The molecule has 1 rings (SSSR count). The van der Waals surface area contributed by atoms with Crippen LogP contribution in [0.25, 0.3) is 0 Å². The first-order valence-electron chi connectivity index (χ1n) is 6.46. The summed E-state index contributed by atoms with van der Waals surface area (Å²) < 4.78 is 0. The van der Waals surface area contributed by atoms with Crippen molar-refractivity contribution in [1.82, 2.24) is 0 Å². The topological polar surface area (TPSA) is 6.48 Å². The number of hydrogen-bond acceptors (Lipinski definition) is 2. The third-order valence-electron chi connectivity index (χ3n) is 3.09. The molecule has 17 heavy (non-hydrogen) atoms. The highest BCUT2D eigenvalue weighted by Gasteiger charge is 2.08. The van der Waals surface area contributed by atoms with Gasteiger partial charge in [0.15, 0.2) is 0 Å². The van der Waals surface area contributed by atoms with Gasteiger partial charge >= 0.3 is 0 Å². The maximum absolute atomic E-state index is 2.32.